The van der Waals surface area contributed by atoms with E-state index >= 15 is 0 Å². The first-order chi connectivity index (χ1) is 8.70. The number of ether oxygens (including phenoxy) is 1. The standard InChI is InChI=1S/C14H20BrNO2/c1-18-14-8-7-10(15)9-12(14)16-11-5-3-2-4-6-13(11)17/h7-9,11,13,16-17H,2-6H2,1H3. The van der Waals surface area contributed by atoms with Crippen LogP contribution in [0.1, 0.15) is 32.1 Å². The van der Waals surface area contributed by atoms with Crippen LogP contribution in [0.15, 0.2) is 22.7 Å². The molecule has 1 aromatic carbocycles. The van der Waals surface area contributed by atoms with Crippen molar-refractivity contribution in [1.29, 1.82) is 0 Å². The summed E-state index contributed by atoms with van der Waals surface area (Å²) in [6.45, 7) is 0. The van der Waals surface area contributed by atoms with Crippen molar-refractivity contribution < 1.29 is 9.84 Å². The van der Waals surface area contributed by atoms with Gasteiger partial charge in [-0.05, 0) is 31.0 Å². The first-order valence-corrected chi connectivity index (χ1v) is 7.28. The van der Waals surface area contributed by atoms with Crippen LogP contribution in [0.25, 0.3) is 0 Å². The third-order valence-electron chi connectivity index (χ3n) is 3.48. The van der Waals surface area contributed by atoms with Gasteiger partial charge < -0.3 is 15.2 Å². The Balaban J connectivity index is 2.13. The molecule has 0 aromatic heterocycles. The maximum Gasteiger partial charge on any atom is 0.142 e. The smallest absolute Gasteiger partial charge is 0.142 e. The molecule has 1 aliphatic carbocycles. The molecule has 100 valence electrons. The molecule has 2 rings (SSSR count). The Morgan fingerprint density at radius 1 is 1.28 bits per heavy atom. The minimum atomic E-state index is -0.267. The van der Waals surface area contributed by atoms with Gasteiger partial charge in [-0.15, -0.1) is 0 Å². The van der Waals surface area contributed by atoms with Gasteiger partial charge in [-0.2, -0.15) is 0 Å². The Bertz CT molecular complexity index is 397. The molecule has 1 aromatic rings. The van der Waals surface area contributed by atoms with Gasteiger partial charge in [0.1, 0.15) is 5.75 Å². The molecular formula is C14H20BrNO2. The van der Waals surface area contributed by atoms with Crippen molar-refractivity contribution in [2.24, 2.45) is 0 Å². The van der Waals surface area contributed by atoms with E-state index in [2.05, 4.69) is 21.2 Å². The lowest BCUT2D eigenvalue weighted by atomic mass is 10.1. The quantitative estimate of drug-likeness (QED) is 0.838. The predicted octanol–water partition coefficient (Wildman–Crippen LogP) is 3.56. The van der Waals surface area contributed by atoms with Gasteiger partial charge in [0.15, 0.2) is 0 Å². The summed E-state index contributed by atoms with van der Waals surface area (Å²) in [6.07, 6.45) is 5.13. The van der Waals surface area contributed by atoms with Crippen LogP contribution >= 0.6 is 15.9 Å². The minimum absolute atomic E-state index is 0.121. The molecule has 0 saturated heterocycles. The summed E-state index contributed by atoms with van der Waals surface area (Å²) < 4.78 is 6.35. The maximum absolute atomic E-state index is 10.1. The highest BCUT2D eigenvalue weighted by Gasteiger charge is 2.22. The molecule has 18 heavy (non-hydrogen) atoms. The van der Waals surface area contributed by atoms with Crippen molar-refractivity contribution in [1.82, 2.24) is 0 Å². The second kappa shape index (κ2) is 6.43. The Morgan fingerprint density at radius 2 is 2.06 bits per heavy atom. The van der Waals surface area contributed by atoms with Crippen molar-refractivity contribution in [3.63, 3.8) is 0 Å². The average Bonchev–Trinajstić information content (AvgIpc) is 2.55. The van der Waals surface area contributed by atoms with E-state index in [1.807, 2.05) is 18.2 Å². The van der Waals surface area contributed by atoms with Gasteiger partial charge in [0.25, 0.3) is 0 Å². The second-order valence-electron chi connectivity index (χ2n) is 4.80. The molecule has 1 saturated carbocycles. The van der Waals surface area contributed by atoms with E-state index in [1.165, 1.54) is 12.8 Å². The molecule has 3 nitrogen and oxygen atoms in total. The highest BCUT2D eigenvalue weighted by molar-refractivity contribution is 9.10. The van der Waals surface area contributed by atoms with Gasteiger partial charge in [0.2, 0.25) is 0 Å². The predicted molar refractivity (Wildman–Crippen MR) is 77.2 cm³/mol. The van der Waals surface area contributed by atoms with Crippen molar-refractivity contribution in [2.45, 2.75) is 44.2 Å². The van der Waals surface area contributed by atoms with Crippen LogP contribution in [0.2, 0.25) is 0 Å². The van der Waals surface area contributed by atoms with Crippen LogP contribution in [0.4, 0.5) is 5.69 Å². The van der Waals surface area contributed by atoms with E-state index in [0.717, 1.165) is 35.2 Å². The number of aliphatic hydroxyl groups is 1. The number of aliphatic hydroxyl groups excluding tert-OH is 1. The molecule has 0 spiro atoms. The van der Waals surface area contributed by atoms with E-state index in [-0.39, 0.29) is 12.1 Å². The highest BCUT2D eigenvalue weighted by atomic mass is 79.9. The molecule has 4 heteroatoms. The molecule has 1 fully saturated rings. The molecule has 0 heterocycles. The lowest BCUT2D eigenvalue weighted by molar-refractivity contribution is 0.144. The van der Waals surface area contributed by atoms with Crippen molar-refractivity contribution in [2.75, 3.05) is 12.4 Å². The highest BCUT2D eigenvalue weighted by Crippen LogP contribution is 2.30. The summed E-state index contributed by atoms with van der Waals surface area (Å²) in [5.41, 5.74) is 0.942. The number of methoxy groups -OCH3 is 1. The molecule has 2 atom stereocenters. The van der Waals surface area contributed by atoms with Gasteiger partial charge in [0.05, 0.1) is 24.9 Å². The van der Waals surface area contributed by atoms with Gasteiger partial charge in [-0.3, -0.25) is 0 Å². The summed E-state index contributed by atoms with van der Waals surface area (Å²) in [4.78, 5) is 0. The fourth-order valence-corrected chi connectivity index (χ4v) is 2.81. The van der Waals surface area contributed by atoms with Crippen molar-refractivity contribution in [3.8, 4) is 5.75 Å². The van der Waals surface area contributed by atoms with Gasteiger partial charge in [0, 0.05) is 4.47 Å². The first kappa shape index (κ1) is 13.7. The van der Waals surface area contributed by atoms with Crippen LogP contribution in [0.3, 0.4) is 0 Å². The molecule has 0 bridgehead atoms. The summed E-state index contributed by atoms with van der Waals surface area (Å²) in [7, 11) is 1.66. The fraction of sp³-hybridized carbons (Fsp3) is 0.571. The number of hydrogen-bond acceptors (Lipinski definition) is 3. The summed E-state index contributed by atoms with van der Waals surface area (Å²) in [5, 5.41) is 13.6. The molecule has 2 N–H and O–H groups in total. The average molecular weight is 314 g/mol. The lowest BCUT2D eigenvalue weighted by Gasteiger charge is -2.24. The fourth-order valence-electron chi connectivity index (χ4n) is 2.45. The second-order valence-corrected chi connectivity index (χ2v) is 5.72. The van der Waals surface area contributed by atoms with E-state index in [1.54, 1.807) is 7.11 Å². The molecule has 0 radical (unpaired) electrons. The van der Waals surface area contributed by atoms with Crippen LogP contribution < -0.4 is 10.1 Å². The molecular weight excluding hydrogens is 294 g/mol. The Morgan fingerprint density at radius 3 is 2.83 bits per heavy atom. The zero-order chi connectivity index (χ0) is 13.0. The minimum Gasteiger partial charge on any atom is -0.495 e. The maximum atomic E-state index is 10.1. The Kier molecular flexibility index (Phi) is 4.89. The van der Waals surface area contributed by atoms with Crippen LogP contribution in [-0.4, -0.2) is 24.4 Å². The van der Waals surface area contributed by atoms with Crippen molar-refractivity contribution >= 4 is 21.6 Å². The SMILES string of the molecule is COc1ccc(Br)cc1NC1CCCCCC1O. The zero-order valence-corrected chi connectivity index (χ0v) is 12.2. The summed E-state index contributed by atoms with van der Waals surface area (Å²) >= 11 is 3.46. The van der Waals surface area contributed by atoms with Gasteiger partial charge >= 0.3 is 0 Å². The molecule has 0 aliphatic heterocycles. The third kappa shape index (κ3) is 3.39. The van der Waals surface area contributed by atoms with Gasteiger partial charge in [-0.1, -0.05) is 35.2 Å². The normalized spacial score (nSPS) is 24.4. The summed E-state index contributed by atoms with van der Waals surface area (Å²) in [6, 6.07) is 6.00. The number of anilines is 1. The van der Waals surface area contributed by atoms with E-state index in [4.69, 9.17) is 4.74 Å². The molecule has 0 amide bonds. The third-order valence-corrected chi connectivity index (χ3v) is 3.98. The zero-order valence-electron chi connectivity index (χ0n) is 10.7. The monoisotopic (exact) mass is 313 g/mol. The van der Waals surface area contributed by atoms with Crippen LogP contribution in [0.5, 0.6) is 5.75 Å². The van der Waals surface area contributed by atoms with Gasteiger partial charge in [-0.25, -0.2) is 0 Å². The number of hydrogen-bond donors (Lipinski definition) is 2. The molecule has 2 unspecified atom stereocenters. The number of benzene rings is 1. The Labute approximate surface area is 117 Å². The van der Waals surface area contributed by atoms with E-state index in [9.17, 15) is 5.11 Å². The lowest BCUT2D eigenvalue weighted by Crippen LogP contribution is -2.32. The van der Waals surface area contributed by atoms with Crippen LogP contribution in [0, 0.1) is 0 Å². The topological polar surface area (TPSA) is 41.5 Å². The largest absolute Gasteiger partial charge is 0.495 e. The number of rotatable bonds is 3. The number of halogens is 1. The first-order valence-electron chi connectivity index (χ1n) is 6.49. The summed E-state index contributed by atoms with van der Waals surface area (Å²) in [5.74, 6) is 0.814. The number of nitrogens with one attached hydrogen (secondary N) is 1. The van der Waals surface area contributed by atoms with Crippen LogP contribution in [-0.2, 0) is 0 Å². The Hall–Kier alpha value is -0.740. The van der Waals surface area contributed by atoms with E-state index in [0.29, 0.717) is 0 Å². The molecule has 1 aliphatic rings. The van der Waals surface area contributed by atoms with Crippen molar-refractivity contribution in [3.05, 3.63) is 22.7 Å². The van der Waals surface area contributed by atoms with E-state index < -0.39 is 0 Å².